The van der Waals surface area contributed by atoms with Gasteiger partial charge in [-0.15, -0.1) is 21.8 Å². The topological polar surface area (TPSA) is 54.5 Å². The lowest BCUT2D eigenvalue weighted by molar-refractivity contribution is 0.987. The largest absolute Gasteiger partial charge is 0.282 e. The van der Waals surface area contributed by atoms with Crippen LogP contribution in [0.1, 0.15) is 21.6 Å². The summed E-state index contributed by atoms with van der Waals surface area (Å²) in [7, 11) is 0. The third-order valence-corrected chi connectivity index (χ3v) is 4.42. The molecule has 0 fully saturated rings. The van der Waals surface area contributed by atoms with Gasteiger partial charge in [-0.1, -0.05) is 41.7 Å². The second-order valence-electron chi connectivity index (χ2n) is 4.13. The van der Waals surface area contributed by atoms with E-state index in [2.05, 4.69) is 20.4 Å². The monoisotopic (exact) mass is 290 g/mol. The van der Waals surface area contributed by atoms with Crippen LogP contribution in [-0.4, -0.2) is 20.4 Å². The molecule has 0 amide bonds. The maximum Gasteiger partial charge on any atom is 0.151 e. The molecule has 0 radical (unpaired) electrons. The molecule has 0 saturated heterocycles. The van der Waals surface area contributed by atoms with E-state index >= 15 is 0 Å². The summed E-state index contributed by atoms with van der Waals surface area (Å²) in [5.74, 6) is 0. The molecule has 0 aliphatic heterocycles. The Morgan fingerprint density at radius 3 is 2.68 bits per heavy atom. The third-order valence-electron chi connectivity index (χ3n) is 2.81. The Hall–Kier alpha value is -1.72. The minimum absolute atomic E-state index is 0.264. The fourth-order valence-electron chi connectivity index (χ4n) is 1.78. The summed E-state index contributed by atoms with van der Waals surface area (Å²) < 4.78 is 0. The van der Waals surface area contributed by atoms with Crippen LogP contribution in [0.25, 0.3) is 10.6 Å². The number of hydrogen-bond acceptors (Lipinski definition) is 4. The standard InChI is InChI=1S/C13H11ClN4S/c1-8-10(7-15-16-8)12-17-18-13(19-12)11(14)9-5-3-2-4-6-9/h2-7,11H,1H3,(H,15,16). The van der Waals surface area contributed by atoms with Crippen molar-refractivity contribution >= 4 is 22.9 Å². The molecular weight excluding hydrogens is 280 g/mol. The van der Waals surface area contributed by atoms with Crippen molar-refractivity contribution < 1.29 is 0 Å². The summed E-state index contributed by atoms with van der Waals surface area (Å²) in [6.07, 6.45) is 1.76. The lowest BCUT2D eigenvalue weighted by Crippen LogP contribution is -1.91. The van der Waals surface area contributed by atoms with Gasteiger partial charge in [0.25, 0.3) is 0 Å². The highest BCUT2D eigenvalue weighted by Gasteiger charge is 2.17. The van der Waals surface area contributed by atoms with Crippen LogP contribution in [0.5, 0.6) is 0 Å². The number of aromatic nitrogens is 4. The Balaban J connectivity index is 1.92. The molecule has 0 aliphatic rings. The molecule has 4 nitrogen and oxygen atoms in total. The SMILES string of the molecule is Cc1[nH]ncc1-c1nnc(C(Cl)c2ccccc2)s1. The van der Waals surface area contributed by atoms with Gasteiger partial charge in [-0.25, -0.2) is 0 Å². The predicted molar refractivity (Wildman–Crippen MR) is 76.4 cm³/mol. The Labute approximate surface area is 119 Å². The van der Waals surface area contributed by atoms with Crippen molar-refractivity contribution in [1.82, 2.24) is 20.4 Å². The van der Waals surface area contributed by atoms with Crippen LogP contribution < -0.4 is 0 Å². The number of H-pyrrole nitrogens is 1. The van der Waals surface area contributed by atoms with Gasteiger partial charge < -0.3 is 0 Å². The van der Waals surface area contributed by atoms with Crippen molar-refractivity contribution in [2.45, 2.75) is 12.3 Å². The van der Waals surface area contributed by atoms with Gasteiger partial charge in [0.1, 0.15) is 10.4 Å². The molecule has 3 rings (SSSR count). The quantitative estimate of drug-likeness (QED) is 0.750. The molecule has 0 bridgehead atoms. The molecule has 96 valence electrons. The van der Waals surface area contributed by atoms with Gasteiger partial charge in [0.05, 0.1) is 11.8 Å². The minimum atomic E-state index is -0.264. The lowest BCUT2D eigenvalue weighted by atomic mass is 10.1. The summed E-state index contributed by atoms with van der Waals surface area (Å²) in [6.45, 7) is 1.96. The van der Waals surface area contributed by atoms with Gasteiger partial charge in [-0.05, 0) is 12.5 Å². The van der Waals surface area contributed by atoms with Gasteiger partial charge in [-0.2, -0.15) is 5.10 Å². The Morgan fingerprint density at radius 1 is 1.21 bits per heavy atom. The fraction of sp³-hybridized carbons (Fsp3) is 0.154. The number of aryl methyl sites for hydroxylation is 1. The van der Waals surface area contributed by atoms with Crippen molar-refractivity contribution in [2.75, 3.05) is 0 Å². The molecule has 0 saturated carbocycles. The van der Waals surface area contributed by atoms with Gasteiger partial charge in [-0.3, -0.25) is 5.10 Å². The van der Waals surface area contributed by atoms with E-state index in [1.54, 1.807) is 6.20 Å². The average molecular weight is 291 g/mol. The van der Waals surface area contributed by atoms with Crippen LogP contribution in [0.2, 0.25) is 0 Å². The number of nitrogens with zero attached hydrogens (tertiary/aromatic N) is 3. The van der Waals surface area contributed by atoms with Crippen LogP contribution in [0.4, 0.5) is 0 Å². The second kappa shape index (κ2) is 5.11. The number of benzene rings is 1. The minimum Gasteiger partial charge on any atom is -0.282 e. The first-order valence-corrected chi connectivity index (χ1v) is 7.04. The molecule has 1 aromatic carbocycles. The van der Waals surface area contributed by atoms with Crippen LogP contribution in [0.15, 0.2) is 36.5 Å². The highest BCUT2D eigenvalue weighted by Crippen LogP contribution is 2.34. The Kier molecular flexibility index (Phi) is 3.31. The first-order valence-electron chi connectivity index (χ1n) is 5.78. The summed E-state index contributed by atoms with van der Waals surface area (Å²) >= 11 is 7.92. The molecule has 0 aliphatic carbocycles. The van der Waals surface area contributed by atoms with Crippen LogP contribution in [-0.2, 0) is 0 Å². The van der Waals surface area contributed by atoms with Crippen molar-refractivity contribution in [3.8, 4) is 10.6 Å². The zero-order chi connectivity index (χ0) is 13.2. The van der Waals surface area contributed by atoms with Crippen LogP contribution in [0, 0.1) is 6.92 Å². The summed E-state index contributed by atoms with van der Waals surface area (Å²) in [5.41, 5.74) is 2.98. The van der Waals surface area contributed by atoms with E-state index in [9.17, 15) is 0 Å². The molecule has 1 unspecified atom stereocenters. The van der Waals surface area contributed by atoms with E-state index in [4.69, 9.17) is 11.6 Å². The molecule has 1 N–H and O–H groups in total. The maximum absolute atomic E-state index is 6.43. The smallest absolute Gasteiger partial charge is 0.151 e. The molecule has 6 heteroatoms. The molecule has 3 aromatic rings. The first-order chi connectivity index (χ1) is 9.25. The third kappa shape index (κ3) is 2.39. The van der Waals surface area contributed by atoms with Crippen molar-refractivity contribution in [1.29, 1.82) is 0 Å². The highest BCUT2D eigenvalue weighted by molar-refractivity contribution is 7.15. The number of hydrogen-bond donors (Lipinski definition) is 1. The molecule has 2 aromatic heterocycles. The molecule has 19 heavy (non-hydrogen) atoms. The Bertz CT molecular complexity index is 677. The average Bonchev–Trinajstić information content (AvgIpc) is 3.07. The fourth-order valence-corrected chi connectivity index (χ4v) is 3.02. The number of rotatable bonds is 3. The van der Waals surface area contributed by atoms with E-state index in [1.165, 1.54) is 11.3 Å². The van der Waals surface area contributed by atoms with Gasteiger partial charge in [0.15, 0.2) is 5.01 Å². The van der Waals surface area contributed by atoms with E-state index in [-0.39, 0.29) is 5.38 Å². The van der Waals surface area contributed by atoms with Gasteiger partial charge in [0, 0.05) is 5.69 Å². The van der Waals surface area contributed by atoms with E-state index in [0.29, 0.717) is 0 Å². The number of aromatic amines is 1. The highest BCUT2D eigenvalue weighted by atomic mass is 35.5. The number of nitrogens with one attached hydrogen (secondary N) is 1. The first kappa shape index (κ1) is 12.3. The molecule has 2 heterocycles. The van der Waals surface area contributed by atoms with Crippen molar-refractivity contribution in [3.63, 3.8) is 0 Å². The van der Waals surface area contributed by atoms with E-state index < -0.39 is 0 Å². The van der Waals surface area contributed by atoms with E-state index in [1.807, 2.05) is 37.3 Å². The van der Waals surface area contributed by atoms with E-state index in [0.717, 1.165) is 26.8 Å². The zero-order valence-electron chi connectivity index (χ0n) is 10.2. The molecule has 0 spiro atoms. The molecular formula is C13H11ClN4S. The summed E-state index contributed by atoms with van der Waals surface area (Å²) in [5, 5.41) is 16.6. The molecule has 1 atom stereocenters. The van der Waals surface area contributed by atoms with Crippen LogP contribution in [0.3, 0.4) is 0 Å². The van der Waals surface area contributed by atoms with Crippen molar-refractivity contribution in [2.24, 2.45) is 0 Å². The number of halogens is 1. The maximum atomic E-state index is 6.43. The van der Waals surface area contributed by atoms with Crippen molar-refractivity contribution in [3.05, 3.63) is 52.8 Å². The number of alkyl halides is 1. The van der Waals surface area contributed by atoms with Gasteiger partial charge >= 0.3 is 0 Å². The second-order valence-corrected chi connectivity index (χ2v) is 5.57. The van der Waals surface area contributed by atoms with Crippen LogP contribution >= 0.6 is 22.9 Å². The summed E-state index contributed by atoms with van der Waals surface area (Å²) in [4.78, 5) is 0. The van der Waals surface area contributed by atoms with Gasteiger partial charge in [0.2, 0.25) is 0 Å². The lowest BCUT2D eigenvalue weighted by Gasteiger charge is -2.04. The zero-order valence-corrected chi connectivity index (χ0v) is 11.7. The summed E-state index contributed by atoms with van der Waals surface area (Å²) in [6, 6.07) is 9.87. The Morgan fingerprint density at radius 2 is 2.00 bits per heavy atom. The normalized spacial score (nSPS) is 12.5. The predicted octanol–water partition coefficient (Wildman–Crippen LogP) is 3.56.